The second-order valence-corrected chi connectivity index (χ2v) is 8.56. The summed E-state index contributed by atoms with van der Waals surface area (Å²) in [6, 6.07) is 0.536. The van der Waals surface area contributed by atoms with E-state index in [2.05, 4.69) is 20.6 Å². The number of nitrogens with one attached hydrogen (secondary N) is 2. The molecule has 1 saturated carbocycles. The molecule has 35 heavy (non-hydrogen) atoms. The average Bonchev–Trinajstić information content (AvgIpc) is 2.74. The zero-order valence-electron chi connectivity index (χ0n) is 19.2. The Balaban J connectivity index is 0.00000432. The molecule has 13 heteroatoms. The van der Waals surface area contributed by atoms with E-state index in [9.17, 15) is 31.1 Å². The van der Waals surface area contributed by atoms with E-state index < -0.39 is 35.0 Å². The number of hydrogen-bond donors (Lipinski definition) is 2. The van der Waals surface area contributed by atoms with Crippen molar-refractivity contribution >= 4 is 30.1 Å². The number of alkyl halides is 6. The number of carbonyl (C=O) groups is 1. The summed E-state index contributed by atoms with van der Waals surface area (Å²) in [6.07, 6.45) is -6.07. The molecule has 0 radical (unpaired) electrons. The summed E-state index contributed by atoms with van der Waals surface area (Å²) >= 11 is 0. The predicted octanol–water partition coefficient (Wildman–Crippen LogP) is 5.46. The molecule has 194 valence electrons. The first-order valence-corrected chi connectivity index (χ1v) is 10.6. The van der Waals surface area contributed by atoms with E-state index in [1.165, 1.54) is 0 Å². The van der Waals surface area contributed by atoms with Crippen LogP contribution in [0.25, 0.3) is 0 Å². The first-order valence-electron chi connectivity index (χ1n) is 10.6. The molecule has 2 N–H and O–H groups in total. The zero-order chi connectivity index (χ0) is 25.3. The van der Waals surface area contributed by atoms with Gasteiger partial charge < -0.3 is 15.5 Å². The number of halogens is 7. The Morgan fingerprint density at radius 2 is 1.46 bits per heavy atom. The molecular formula is C22H26ClF6N5O. The Labute approximate surface area is 204 Å². The number of amides is 1. The Kier molecular flexibility index (Phi) is 8.85. The second kappa shape index (κ2) is 10.9. The van der Waals surface area contributed by atoms with E-state index >= 15 is 0 Å². The smallest absolute Gasteiger partial charge is 0.362 e. The van der Waals surface area contributed by atoms with Gasteiger partial charge in [-0.1, -0.05) is 0 Å². The second-order valence-electron chi connectivity index (χ2n) is 8.56. The summed E-state index contributed by atoms with van der Waals surface area (Å²) in [5.74, 6) is 0.272. The molecule has 0 aliphatic heterocycles. The molecule has 1 aromatic heterocycles. The van der Waals surface area contributed by atoms with Gasteiger partial charge in [-0.15, -0.1) is 12.4 Å². The third-order valence-electron chi connectivity index (χ3n) is 5.61. The number of aryl methyl sites for hydroxylation is 1. The van der Waals surface area contributed by atoms with Gasteiger partial charge in [0.1, 0.15) is 5.82 Å². The fraction of sp³-hybridized carbons (Fsp3) is 0.500. The first-order chi connectivity index (χ1) is 15.7. The summed E-state index contributed by atoms with van der Waals surface area (Å²) in [5.41, 5.74) is -2.79. The van der Waals surface area contributed by atoms with Crippen molar-refractivity contribution in [1.82, 2.24) is 15.3 Å². The van der Waals surface area contributed by atoms with Crippen LogP contribution >= 0.6 is 12.4 Å². The third kappa shape index (κ3) is 7.36. The van der Waals surface area contributed by atoms with Crippen molar-refractivity contribution in [2.45, 2.75) is 57.0 Å². The van der Waals surface area contributed by atoms with Gasteiger partial charge in [0.15, 0.2) is 0 Å². The Hall–Kier alpha value is -2.76. The van der Waals surface area contributed by atoms with Crippen LogP contribution in [-0.2, 0) is 12.4 Å². The standard InChI is InChI=1S/C22H25F6N5O.ClH/c1-12-11-29-20(32-18(12)33(2)3)31-17-6-4-16(5-7-17)30-19(34)13-8-14(21(23,24)25)10-15(9-13)22(26,27)28;/h8-11,16-17H,4-7H2,1-3H3,(H,30,34)(H,29,31,32);1H/t16-,17+;. The minimum Gasteiger partial charge on any atom is -0.362 e. The molecule has 0 unspecified atom stereocenters. The fourth-order valence-electron chi connectivity index (χ4n) is 3.87. The van der Waals surface area contributed by atoms with Crippen molar-refractivity contribution in [3.63, 3.8) is 0 Å². The van der Waals surface area contributed by atoms with E-state index in [-0.39, 0.29) is 30.6 Å². The number of benzene rings is 1. The lowest BCUT2D eigenvalue weighted by Gasteiger charge is -2.30. The molecular weight excluding hydrogens is 500 g/mol. The molecule has 3 rings (SSSR count). The molecule has 6 nitrogen and oxygen atoms in total. The zero-order valence-corrected chi connectivity index (χ0v) is 20.0. The molecule has 1 fully saturated rings. The van der Waals surface area contributed by atoms with Crippen molar-refractivity contribution < 1.29 is 31.1 Å². The van der Waals surface area contributed by atoms with Gasteiger partial charge in [0.05, 0.1) is 11.1 Å². The fourth-order valence-corrected chi connectivity index (χ4v) is 3.87. The van der Waals surface area contributed by atoms with Crippen LogP contribution in [0.15, 0.2) is 24.4 Å². The quantitative estimate of drug-likeness (QED) is 0.507. The maximum absolute atomic E-state index is 13.1. The Morgan fingerprint density at radius 1 is 0.943 bits per heavy atom. The molecule has 0 saturated heterocycles. The van der Waals surface area contributed by atoms with Crippen molar-refractivity contribution in [2.24, 2.45) is 0 Å². The Morgan fingerprint density at radius 3 is 1.94 bits per heavy atom. The molecule has 1 heterocycles. The number of nitrogens with zero attached hydrogens (tertiary/aromatic N) is 3. The molecule has 1 aliphatic rings. The van der Waals surface area contributed by atoms with E-state index in [0.717, 1.165) is 11.4 Å². The number of anilines is 2. The molecule has 1 aliphatic carbocycles. The average molecular weight is 526 g/mol. The van der Waals surface area contributed by atoms with Crippen molar-refractivity contribution in [2.75, 3.05) is 24.3 Å². The maximum atomic E-state index is 13.1. The molecule has 0 atom stereocenters. The Bertz CT molecular complexity index is 1000. The van der Waals surface area contributed by atoms with Crippen LogP contribution in [0.3, 0.4) is 0 Å². The van der Waals surface area contributed by atoms with Crippen LogP contribution in [0.2, 0.25) is 0 Å². The monoisotopic (exact) mass is 525 g/mol. The van der Waals surface area contributed by atoms with E-state index in [1.54, 1.807) is 6.20 Å². The lowest BCUT2D eigenvalue weighted by Crippen LogP contribution is -2.40. The van der Waals surface area contributed by atoms with Crippen molar-refractivity contribution in [3.05, 3.63) is 46.6 Å². The minimum absolute atomic E-state index is 0. The first kappa shape index (κ1) is 28.5. The minimum atomic E-state index is -5.01. The molecule has 0 bridgehead atoms. The van der Waals surface area contributed by atoms with Crippen LogP contribution in [0, 0.1) is 6.92 Å². The van der Waals surface area contributed by atoms with Gasteiger partial charge in [0.2, 0.25) is 5.95 Å². The van der Waals surface area contributed by atoms with E-state index in [0.29, 0.717) is 43.8 Å². The van der Waals surface area contributed by atoms with E-state index in [1.807, 2.05) is 25.9 Å². The van der Waals surface area contributed by atoms with Crippen LogP contribution in [0.5, 0.6) is 0 Å². The van der Waals surface area contributed by atoms with Gasteiger partial charge in [-0.25, -0.2) is 4.98 Å². The van der Waals surface area contributed by atoms with Gasteiger partial charge in [-0.3, -0.25) is 4.79 Å². The lowest BCUT2D eigenvalue weighted by atomic mass is 9.91. The van der Waals surface area contributed by atoms with Crippen LogP contribution < -0.4 is 15.5 Å². The van der Waals surface area contributed by atoms with Crippen LogP contribution in [-0.4, -0.2) is 42.1 Å². The highest BCUT2D eigenvalue weighted by Crippen LogP contribution is 2.36. The topological polar surface area (TPSA) is 70.1 Å². The predicted molar refractivity (Wildman–Crippen MR) is 122 cm³/mol. The summed E-state index contributed by atoms with van der Waals surface area (Å²) < 4.78 is 78.3. The summed E-state index contributed by atoms with van der Waals surface area (Å²) in [7, 11) is 3.74. The summed E-state index contributed by atoms with van der Waals surface area (Å²) in [4.78, 5) is 23.1. The molecule has 1 amide bonds. The SMILES string of the molecule is Cc1cnc(N[C@H]2CC[C@@H](NC(=O)c3cc(C(F)(F)F)cc(C(F)(F)F)c3)CC2)nc1N(C)C.Cl. The van der Waals surface area contributed by atoms with E-state index in [4.69, 9.17) is 0 Å². The largest absolute Gasteiger partial charge is 0.416 e. The van der Waals surface area contributed by atoms with Crippen molar-refractivity contribution in [1.29, 1.82) is 0 Å². The number of hydrogen-bond acceptors (Lipinski definition) is 5. The highest BCUT2D eigenvalue weighted by atomic mass is 35.5. The highest BCUT2D eigenvalue weighted by Gasteiger charge is 2.37. The normalized spacial score (nSPS) is 18.4. The summed E-state index contributed by atoms with van der Waals surface area (Å²) in [6.45, 7) is 1.90. The maximum Gasteiger partial charge on any atom is 0.416 e. The van der Waals surface area contributed by atoms with Gasteiger partial charge >= 0.3 is 12.4 Å². The highest BCUT2D eigenvalue weighted by molar-refractivity contribution is 5.94. The number of carbonyl (C=O) groups excluding carboxylic acids is 1. The molecule has 1 aromatic carbocycles. The van der Waals surface area contributed by atoms with Gasteiger partial charge in [0, 0.05) is 43.5 Å². The number of rotatable bonds is 5. The van der Waals surface area contributed by atoms with Gasteiger partial charge in [-0.05, 0) is 50.8 Å². The number of aromatic nitrogens is 2. The molecule has 0 spiro atoms. The lowest BCUT2D eigenvalue weighted by molar-refractivity contribution is -0.143. The van der Waals surface area contributed by atoms with Crippen LogP contribution in [0.4, 0.5) is 38.1 Å². The molecule has 2 aromatic rings. The van der Waals surface area contributed by atoms with Crippen molar-refractivity contribution in [3.8, 4) is 0 Å². The third-order valence-corrected chi connectivity index (χ3v) is 5.61. The summed E-state index contributed by atoms with van der Waals surface area (Å²) in [5, 5.41) is 5.81. The van der Waals surface area contributed by atoms with Gasteiger partial charge in [0.25, 0.3) is 5.91 Å². The van der Waals surface area contributed by atoms with Crippen LogP contribution in [0.1, 0.15) is 52.7 Å². The van der Waals surface area contributed by atoms with Gasteiger partial charge in [-0.2, -0.15) is 31.3 Å².